The maximum Gasteiger partial charge on any atom is 0.332 e. The molecule has 1 aliphatic rings. The minimum atomic E-state index is -0.604. The van der Waals surface area contributed by atoms with Crippen LogP contribution in [-0.2, 0) is 23.7 Å². The van der Waals surface area contributed by atoms with E-state index in [9.17, 15) is 19.2 Å². The lowest BCUT2D eigenvalue weighted by atomic mass is 10.0. The Morgan fingerprint density at radius 3 is 2.42 bits per heavy atom. The standard InChI is InChI=1S/C23H24ClN5O4/c1-12(2)16-10-25-20-18(22(32)28(4)23(33)27(20)3)19(16)26-21(31)13-9-17(30)29(11-13)15-7-5-14(24)6-8-15/h5-8,10,12-13H,9,11H2,1-4H3,(H,25,26,31). The summed E-state index contributed by atoms with van der Waals surface area (Å²) >= 11 is 5.94. The van der Waals surface area contributed by atoms with Crippen molar-refractivity contribution < 1.29 is 9.59 Å². The van der Waals surface area contributed by atoms with Crippen LogP contribution in [0.25, 0.3) is 11.0 Å². The summed E-state index contributed by atoms with van der Waals surface area (Å²) in [5.74, 6) is -1.19. The zero-order valence-corrected chi connectivity index (χ0v) is 19.5. The summed E-state index contributed by atoms with van der Waals surface area (Å²) in [6, 6.07) is 6.85. The number of benzene rings is 1. The lowest BCUT2D eigenvalue weighted by Crippen LogP contribution is -2.38. The highest BCUT2D eigenvalue weighted by Crippen LogP contribution is 2.31. The summed E-state index contributed by atoms with van der Waals surface area (Å²) in [6.07, 6.45) is 1.62. The molecule has 0 spiro atoms. The SMILES string of the molecule is CC(C)c1cnc2c(c1NC(=O)C1CC(=O)N(c3ccc(Cl)cc3)C1)c(=O)n(C)c(=O)n2C. The molecule has 0 bridgehead atoms. The molecule has 1 atom stereocenters. The summed E-state index contributed by atoms with van der Waals surface area (Å²) in [5.41, 5.74) is 0.811. The topological polar surface area (TPSA) is 106 Å². The number of rotatable bonds is 4. The number of amides is 2. The lowest BCUT2D eigenvalue weighted by Gasteiger charge is -2.19. The number of nitrogens with one attached hydrogen (secondary N) is 1. The Balaban J connectivity index is 1.73. The average molecular weight is 470 g/mol. The van der Waals surface area contributed by atoms with Gasteiger partial charge in [0.25, 0.3) is 5.56 Å². The van der Waals surface area contributed by atoms with Crippen molar-refractivity contribution in [3.63, 3.8) is 0 Å². The Morgan fingerprint density at radius 1 is 1.12 bits per heavy atom. The molecule has 10 heteroatoms. The molecule has 3 aromatic rings. The smallest absolute Gasteiger partial charge is 0.325 e. The van der Waals surface area contributed by atoms with Gasteiger partial charge in [-0.25, -0.2) is 9.78 Å². The normalized spacial score (nSPS) is 16.1. The van der Waals surface area contributed by atoms with Crippen molar-refractivity contribution in [3.8, 4) is 0 Å². The molecule has 172 valence electrons. The van der Waals surface area contributed by atoms with Gasteiger partial charge in [-0.15, -0.1) is 0 Å². The minimum Gasteiger partial charge on any atom is -0.325 e. The molecule has 0 aliphatic carbocycles. The van der Waals surface area contributed by atoms with E-state index >= 15 is 0 Å². The molecule has 0 radical (unpaired) electrons. The number of hydrogen-bond acceptors (Lipinski definition) is 5. The van der Waals surface area contributed by atoms with Crippen LogP contribution in [0, 0.1) is 5.92 Å². The Morgan fingerprint density at radius 2 is 1.79 bits per heavy atom. The summed E-state index contributed by atoms with van der Waals surface area (Å²) in [7, 11) is 2.91. The van der Waals surface area contributed by atoms with Crippen LogP contribution in [0.2, 0.25) is 5.02 Å². The van der Waals surface area contributed by atoms with E-state index in [-0.39, 0.29) is 41.7 Å². The van der Waals surface area contributed by atoms with Crippen LogP contribution < -0.4 is 21.5 Å². The maximum atomic E-state index is 13.2. The van der Waals surface area contributed by atoms with Crippen molar-refractivity contribution in [3.05, 3.63) is 61.9 Å². The predicted molar refractivity (Wildman–Crippen MR) is 127 cm³/mol. The van der Waals surface area contributed by atoms with E-state index in [1.807, 2.05) is 13.8 Å². The molecule has 1 N–H and O–H groups in total. The Bertz CT molecular complexity index is 1390. The van der Waals surface area contributed by atoms with Gasteiger partial charge in [0.05, 0.1) is 11.6 Å². The largest absolute Gasteiger partial charge is 0.332 e. The highest BCUT2D eigenvalue weighted by atomic mass is 35.5. The molecular weight excluding hydrogens is 446 g/mol. The van der Waals surface area contributed by atoms with Crippen molar-refractivity contribution in [2.75, 3.05) is 16.8 Å². The number of aromatic nitrogens is 3. The second-order valence-corrected chi connectivity index (χ2v) is 8.96. The van der Waals surface area contributed by atoms with Crippen molar-refractivity contribution in [2.45, 2.75) is 26.2 Å². The fourth-order valence-corrected chi connectivity index (χ4v) is 4.22. The molecule has 2 aromatic heterocycles. The monoisotopic (exact) mass is 469 g/mol. The molecule has 33 heavy (non-hydrogen) atoms. The maximum absolute atomic E-state index is 13.2. The van der Waals surface area contributed by atoms with Gasteiger partial charge in [0.2, 0.25) is 11.8 Å². The molecule has 9 nitrogen and oxygen atoms in total. The third-order valence-electron chi connectivity index (χ3n) is 6.00. The number of hydrogen-bond donors (Lipinski definition) is 1. The van der Waals surface area contributed by atoms with Gasteiger partial charge in [0, 0.05) is 44.0 Å². The quantitative estimate of drug-likeness (QED) is 0.631. The van der Waals surface area contributed by atoms with Crippen molar-refractivity contribution in [1.82, 2.24) is 14.1 Å². The van der Waals surface area contributed by atoms with Gasteiger partial charge in [0.15, 0.2) is 5.65 Å². The number of carbonyl (C=O) groups is 2. The zero-order valence-electron chi connectivity index (χ0n) is 18.8. The first-order chi connectivity index (χ1) is 15.6. The summed E-state index contributed by atoms with van der Waals surface area (Å²) in [5, 5.41) is 3.61. The number of anilines is 2. The highest BCUT2D eigenvalue weighted by Gasteiger charge is 2.36. The number of aryl methyl sites for hydroxylation is 1. The van der Waals surface area contributed by atoms with E-state index < -0.39 is 17.2 Å². The third kappa shape index (κ3) is 3.93. The Labute approximate surface area is 194 Å². The number of fused-ring (bicyclic) bond motifs is 1. The van der Waals surface area contributed by atoms with E-state index in [2.05, 4.69) is 10.3 Å². The third-order valence-corrected chi connectivity index (χ3v) is 6.25. The second-order valence-electron chi connectivity index (χ2n) is 8.52. The Hall–Kier alpha value is -3.46. The van der Waals surface area contributed by atoms with Crippen LogP contribution in [0.15, 0.2) is 40.1 Å². The number of halogens is 1. The summed E-state index contributed by atoms with van der Waals surface area (Å²) in [6.45, 7) is 4.06. The molecule has 1 aliphatic heterocycles. The van der Waals surface area contributed by atoms with Crippen LogP contribution in [0.1, 0.15) is 31.7 Å². The number of nitrogens with zero attached hydrogens (tertiary/aromatic N) is 4. The fraction of sp³-hybridized carbons (Fsp3) is 0.348. The molecule has 1 fully saturated rings. The van der Waals surface area contributed by atoms with Crippen molar-refractivity contribution in [2.24, 2.45) is 20.0 Å². The van der Waals surface area contributed by atoms with E-state index in [4.69, 9.17) is 11.6 Å². The summed E-state index contributed by atoms with van der Waals surface area (Å²) < 4.78 is 2.27. The second kappa shape index (κ2) is 8.47. The van der Waals surface area contributed by atoms with Crippen LogP contribution in [0.5, 0.6) is 0 Å². The van der Waals surface area contributed by atoms with Crippen molar-refractivity contribution >= 4 is 45.8 Å². The van der Waals surface area contributed by atoms with E-state index in [1.54, 1.807) is 35.4 Å². The minimum absolute atomic E-state index is 0.0464. The zero-order chi connectivity index (χ0) is 24.0. The lowest BCUT2D eigenvalue weighted by molar-refractivity contribution is -0.122. The molecule has 2 amide bonds. The first-order valence-corrected chi connectivity index (χ1v) is 10.9. The van der Waals surface area contributed by atoms with Gasteiger partial charge in [-0.2, -0.15) is 0 Å². The first kappa shape index (κ1) is 22.7. The predicted octanol–water partition coefficient (Wildman–Crippen LogP) is 2.40. The number of carbonyl (C=O) groups excluding carboxylic acids is 2. The van der Waals surface area contributed by atoms with E-state index in [0.717, 1.165) is 4.57 Å². The first-order valence-electron chi connectivity index (χ1n) is 10.6. The molecule has 3 heterocycles. The Kier molecular flexibility index (Phi) is 5.84. The van der Waals surface area contributed by atoms with Crippen LogP contribution >= 0.6 is 11.6 Å². The van der Waals surface area contributed by atoms with E-state index in [1.165, 1.54) is 18.7 Å². The molecule has 1 unspecified atom stereocenters. The molecule has 1 saturated heterocycles. The van der Waals surface area contributed by atoms with Gasteiger partial charge in [-0.05, 0) is 35.7 Å². The van der Waals surface area contributed by atoms with Gasteiger partial charge >= 0.3 is 5.69 Å². The molecule has 1 aromatic carbocycles. The molecular formula is C23H24ClN5O4. The van der Waals surface area contributed by atoms with Crippen LogP contribution in [0.3, 0.4) is 0 Å². The highest BCUT2D eigenvalue weighted by molar-refractivity contribution is 6.30. The molecule has 4 rings (SSSR count). The summed E-state index contributed by atoms with van der Waals surface area (Å²) in [4.78, 5) is 57.1. The molecule has 0 saturated carbocycles. The fourth-order valence-electron chi connectivity index (χ4n) is 4.09. The van der Waals surface area contributed by atoms with Crippen molar-refractivity contribution in [1.29, 1.82) is 0 Å². The van der Waals surface area contributed by atoms with Crippen LogP contribution in [0.4, 0.5) is 11.4 Å². The van der Waals surface area contributed by atoms with Crippen LogP contribution in [-0.4, -0.2) is 32.5 Å². The van der Waals surface area contributed by atoms with Gasteiger partial charge in [-0.3, -0.25) is 23.5 Å². The van der Waals surface area contributed by atoms with Gasteiger partial charge in [-0.1, -0.05) is 25.4 Å². The van der Waals surface area contributed by atoms with Gasteiger partial charge < -0.3 is 10.2 Å². The average Bonchev–Trinajstić information content (AvgIpc) is 3.18. The number of pyridine rings is 1. The van der Waals surface area contributed by atoms with Gasteiger partial charge in [0.1, 0.15) is 5.39 Å². The van der Waals surface area contributed by atoms with E-state index in [0.29, 0.717) is 22.0 Å².